The van der Waals surface area contributed by atoms with Crippen molar-refractivity contribution in [1.82, 2.24) is 5.32 Å². The van der Waals surface area contributed by atoms with Gasteiger partial charge >= 0.3 is 0 Å². The molecular weight excluding hydrogens is 274 g/mol. The monoisotopic (exact) mass is 297 g/mol. The van der Waals surface area contributed by atoms with Crippen LogP contribution in [0.2, 0.25) is 0 Å². The van der Waals surface area contributed by atoms with Crippen molar-refractivity contribution < 1.29 is 9.53 Å². The lowest BCUT2D eigenvalue weighted by atomic mass is 9.84. The molecule has 1 aromatic rings. The minimum Gasteiger partial charge on any atom is -0.497 e. The third kappa shape index (κ3) is 4.71. The third-order valence-electron chi connectivity index (χ3n) is 3.97. The molecule has 4 heteroatoms. The average Bonchev–Trinajstić information content (AvgIpc) is 2.50. The third-order valence-corrected chi connectivity index (χ3v) is 4.53. The molecule has 112 valence electrons. The Hall–Kier alpha value is -1.22. The number of carbonyl (C=O) groups is 1. The summed E-state index contributed by atoms with van der Waals surface area (Å²) in [5.74, 6) is 1.40. The van der Waals surface area contributed by atoms with Crippen molar-refractivity contribution in [1.29, 1.82) is 0 Å². The van der Waals surface area contributed by atoms with Gasteiger partial charge in [0.05, 0.1) is 13.5 Å². The Bertz CT molecular complexity index is 405. The first-order valence-electron chi connectivity index (χ1n) is 7.04. The minimum atomic E-state index is 0.0110. The van der Waals surface area contributed by atoms with Gasteiger partial charge in [-0.1, -0.05) is 26.0 Å². The van der Waals surface area contributed by atoms with Crippen LogP contribution < -0.4 is 10.1 Å². The molecule has 0 atom stereocenters. The van der Waals surface area contributed by atoms with Crippen molar-refractivity contribution in [2.75, 3.05) is 19.5 Å². The van der Waals surface area contributed by atoms with Crippen molar-refractivity contribution in [2.24, 2.45) is 5.41 Å². The summed E-state index contributed by atoms with van der Waals surface area (Å²) in [4.78, 5) is 12.0. The number of halogens is 1. The summed E-state index contributed by atoms with van der Waals surface area (Å²) < 4.78 is 5.09. The number of alkyl halides is 1. The van der Waals surface area contributed by atoms with Crippen molar-refractivity contribution in [2.45, 2.75) is 33.1 Å². The Labute approximate surface area is 126 Å². The molecule has 0 fully saturated rings. The van der Waals surface area contributed by atoms with Gasteiger partial charge in [0.25, 0.3) is 0 Å². The van der Waals surface area contributed by atoms with E-state index in [1.54, 1.807) is 7.11 Å². The fourth-order valence-electron chi connectivity index (χ4n) is 2.01. The van der Waals surface area contributed by atoms with Crippen LogP contribution in [-0.2, 0) is 11.2 Å². The van der Waals surface area contributed by atoms with Crippen LogP contribution in [0.4, 0.5) is 0 Å². The largest absolute Gasteiger partial charge is 0.497 e. The summed E-state index contributed by atoms with van der Waals surface area (Å²) in [6, 6.07) is 7.55. The predicted octanol–water partition coefficient (Wildman–Crippen LogP) is 3.40. The van der Waals surface area contributed by atoms with Gasteiger partial charge in [-0.2, -0.15) is 0 Å². The Balaban J connectivity index is 2.50. The molecule has 0 aromatic heterocycles. The smallest absolute Gasteiger partial charge is 0.224 e. The first-order chi connectivity index (χ1) is 9.59. The van der Waals surface area contributed by atoms with E-state index < -0.39 is 0 Å². The van der Waals surface area contributed by atoms with Crippen molar-refractivity contribution >= 4 is 17.5 Å². The number of benzene rings is 1. The summed E-state index contributed by atoms with van der Waals surface area (Å²) in [6.45, 7) is 4.86. The lowest BCUT2D eigenvalue weighted by Gasteiger charge is -2.29. The molecule has 0 radical (unpaired) electrons. The highest BCUT2D eigenvalue weighted by molar-refractivity contribution is 6.18. The number of methoxy groups -OCH3 is 1. The van der Waals surface area contributed by atoms with Gasteiger partial charge in [-0.05, 0) is 30.5 Å². The van der Waals surface area contributed by atoms with Gasteiger partial charge in [0.15, 0.2) is 0 Å². The second-order valence-corrected chi connectivity index (χ2v) is 5.41. The summed E-state index contributed by atoms with van der Waals surface area (Å²) >= 11 is 6.04. The molecular formula is C16H24ClNO2. The van der Waals surface area contributed by atoms with Gasteiger partial charge in [-0.3, -0.25) is 4.79 Å². The van der Waals surface area contributed by atoms with Gasteiger partial charge in [-0.15, -0.1) is 11.6 Å². The van der Waals surface area contributed by atoms with Crippen LogP contribution in [0.15, 0.2) is 24.3 Å². The number of hydrogen-bond acceptors (Lipinski definition) is 2. The van der Waals surface area contributed by atoms with E-state index in [0.717, 1.165) is 24.2 Å². The lowest BCUT2D eigenvalue weighted by molar-refractivity contribution is -0.120. The van der Waals surface area contributed by atoms with Crippen molar-refractivity contribution in [3.63, 3.8) is 0 Å². The number of hydrogen-bond donors (Lipinski definition) is 1. The zero-order valence-electron chi connectivity index (χ0n) is 12.5. The summed E-state index contributed by atoms with van der Waals surface area (Å²) in [6.07, 6.45) is 2.32. The molecule has 0 spiro atoms. The Morgan fingerprint density at radius 1 is 1.25 bits per heavy atom. The second kappa shape index (κ2) is 8.15. The predicted molar refractivity (Wildman–Crippen MR) is 83.4 cm³/mol. The number of ether oxygens (including phenoxy) is 1. The molecule has 3 nitrogen and oxygen atoms in total. The van der Waals surface area contributed by atoms with Gasteiger partial charge in [0.1, 0.15) is 5.75 Å². The van der Waals surface area contributed by atoms with Crippen LogP contribution in [0.25, 0.3) is 0 Å². The van der Waals surface area contributed by atoms with Gasteiger partial charge in [-0.25, -0.2) is 0 Å². The molecule has 20 heavy (non-hydrogen) atoms. The van der Waals surface area contributed by atoms with Gasteiger partial charge < -0.3 is 10.1 Å². The molecule has 1 amide bonds. The summed E-state index contributed by atoms with van der Waals surface area (Å²) in [5.41, 5.74) is 0.990. The first kappa shape index (κ1) is 16.8. The van der Waals surface area contributed by atoms with Crippen molar-refractivity contribution in [3.8, 4) is 5.75 Å². The topological polar surface area (TPSA) is 38.3 Å². The normalized spacial score (nSPS) is 11.2. The molecule has 0 bridgehead atoms. The fraction of sp³-hybridized carbons (Fsp3) is 0.562. The van der Waals surface area contributed by atoms with Crippen LogP contribution in [-0.4, -0.2) is 25.4 Å². The molecule has 1 N–H and O–H groups in total. The van der Waals surface area contributed by atoms with E-state index in [-0.39, 0.29) is 11.3 Å². The number of nitrogens with one attached hydrogen (secondary N) is 1. The molecule has 0 aliphatic rings. The zero-order valence-corrected chi connectivity index (χ0v) is 13.3. The van der Waals surface area contributed by atoms with Crippen LogP contribution in [0.5, 0.6) is 5.75 Å². The van der Waals surface area contributed by atoms with E-state index in [9.17, 15) is 4.79 Å². The average molecular weight is 298 g/mol. The number of carbonyl (C=O) groups excluding carboxylic acids is 1. The van der Waals surface area contributed by atoms with Crippen LogP contribution in [0.1, 0.15) is 32.3 Å². The summed E-state index contributed by atoms with van der Waals surface area (Å²) in [7, 11) is 1.63. The molecule has 0 aliphatic heterocycles. The molecule has 0 heterocycles. The van der Waals surface area contributed by atoms with Gasteiger partial charge in [0, 0.05) is 17.8 Å². The molecule has 1 rings (SSSR count). The minimum absolute atomic E-state index is 0.0110. The van der Waals surface area contributed by atoms with E-state index >= 15 is 0 Å². The molecule has 0 aliphatic carbocycles. The highest BCUT2D eigenvalue weighted by atomic mass is 35.5. The van der Waals surface area contributed by atoms with E-state index in [0.29, 0.717) is 18.8 Å². The number of amides is 1. The highest BCUT2D eigenvalue weighted by Crippen LogP contribution is 2.26. The first-order valence-corrected chi connectivity index (χ1v) is 7.58. The molecule has 0 unspecified atom stereocenters. The quantitative estimate of drug-likeness (QED) is 0.747. The molecule has 0 saturated heterocycles. The SMILES string of the molecule is CCC(CC)(CCl)CNC(=O)Cc1ccc(OC)cc1. The maximum Gasteiger partial charge on any atom is 0.224 e. The Morgan fingerprint density at radius 2 is 1.85 bits per heavy atom. The van der Waals surface area contributed by atoms with Crippen LogP contribution in [0, 0.1) is 5.41 Å². The maximum absolute atomic E-state index is 12.0. The molecule has 0 saturated carbocycles. The Morgan fingerprint density at radius 3 is 2.30 bits per heavy atom. The standard InChI is InChI=1S/C16H24ClNO2/c1-4-16(5-2,11-17)12-18-15(19)10-13-6-8-14(20-3)9-7-13/h6-9H,4-5,10-12H2,1-3H3,(H,18,19). The second-order valence-electron chi connectivity index (χ2n) is 5.14. The maximum atomic E-state index is 12.0. The summed E-state index contributed by atoms with van der Waals surface area (Å²) in [5, 5.41) is 3.00. The fourth-order valence-corrected chi connectivity index (χ4v) is 2.49. The lowest BCUT2D eigenvalue weighted by Crippen LogP contribution is -2.38. The van der Waals surface area contributed by atoms with E-state index in [1.165, 1.54) is 0 Å². The molecule has 1 aromatic carbocycles. The van der Waals surface area contributed by atoms with E-state index in [2.05, 4.69) is 19.2 Å². The Kier molecular flexibility index (Phi) is 6.86. The number of rotatable bonds is 8. The van der Waals surface area contributed by atoms with Gasteiger partial charge in [0.2, 0.25) is 5.91 Å². The van der Waals surface area contributed by atoms with Crippen molar-refractivity contribution in [3.05, 3.63) is 29.8 Å². The van der Waals surface area contributed by atoms with E-state index in [4.69, 9.17) is 16.3 Å². The highest BCUT2D eigenvalue weighted by Gasteiger charge is 2.25. The zero-order chi connectivity index (χ0) is 15.0. The van der Waals surface area contributed by atoms with E-state index in [1.807, 2.05) is 24.3 Å². The van der Waals surface area contributed by atoms with Crippen LogP contribution >= 0.6 is 11.6 Å². The van der Waals surface area contributed by atoms with Crippen LogP contribution in [0.3, 0.4) is 0 Å².